The molecular weight excluding hydrogens is 434 g/mol. The first kappa shape index (κ1) is 22.7. The summed E-state index contributed by atoms with van der Waals surface area (Å²) in [6, 6.07) is 14.4. The van der Waals surface area contributed by atoms with E-state index < -0.39 is 0 Å². The Bertz CT molecular complexity index is 1360. The lowest BCUT2D eigenvalue weighted by atomic mass is 10.1. The van der Waals surface area contributed by atoms with Crippen molar-refractivity contribution in [3.05, 3.63) is 59.7 Å². The van der Waals surface area contributed by atoms with E-state index in [0.717, 1.165) is 11.1 Å². The van der Waals surface area contributed by atoms with E-state index in [1.54, 1.807) is 24.3 Å². The molecule has 0 bridgehead atoms. The second-order valence-corrected chi connectivity index (χ2v) is 7.72. The number of Topliss-reactive ketones (excluding diaryl/α,β-unsaturated/α-hetero) is 1. The SMILES string of the molecule is CCNc1nn(CC(=O)Nc2cccc(C(C)=O)c2)c(N)c1-c1nc(-c2ccccc2C)no1. The minimum absolute atomic E-state index is 0.0861. The van der Waals surface area contributed by atoms with Gasteiger partial charge in [-0.2, -0.15) is 10.1 Å². The number of carbonyl (C=O) groups is 2. The fourth-order valence-corrected chi connectivity index (χ4v) is 3.51. The number of carbonyl (C=O) groups excluding carboxylic acids is 2. The van der Waals surface area contributed by atoms with Crippen molar-refractivity contribution in [1.82, 2.24) is 19.9 Å². The number of hydrogen-bond donors (Lipinski definition) is 3. The van der Waals surface area contributed by atoms with Crippen LogP contribution in [0.5, 0.6) is 0 Å². The number of benzene rings is 2. The molecule has 0 spiro atoms. The zero-order valence-corrected chi connectivity index (χ0v) is 19.1. The average Bonchev–Trinajstić information content (AvgIpc) is 3.39. The fraction of sp³-hybridized carbons (Fsp3) is 0.208. The topological polar surface area (TPSA) is 141 Å². The highest BCUT2D eigenvalue weighted by Crippen LogP contribution is 2.34. The number of aromatic nitrogens is 4. The molecule has 10 heteroatoms. The van der Waals surface area contributed by atoms with Crippen LogP contribution in [0.3, 0.4) is 0 Å². The van der Waals surface area contributed by atoms with Gasteiger partial charge in [-0.25, -0.2) is 4.68 Å². The predicted molar refractivity (Wildman–Crippen MR) is 129 cm³/mol. The van der Waals surface area contributed by atoms with Crippen molar-refractivity contribution in [2.75, 3.05) is 22.9 Å². The number of nitrogen functional groups attached to an aromatic ring is 1. The third-order valence-electron chi connectivity index (χ3n) is 5.21. The Morgan fingerprint density at radius 3 is 2.68 bits per heavy atom. The standard InChI is InChI=1S/C24H25N7O3/c1-4-26-23-20(24-28-22(30-34-24)18-11-6-5-8-14(18)2)21(25)31(29-23)13-19(33)27-17-10-7-9-16(12-17)15(3)32/h5-12H,4,13,25H2,1-3H3,(H,26,29)(H,27,33). The van der Waals surface area contributed by atoms with Crippen molar-refractivity contribution in [1.29, 1.82) is 0 Å². The highest BCUT2D eigenvalue weighted by Gasteiger charge is 2.24. The van der Waals surface area contributed by atoms with Crippen molar-refractivity contribution in [3.63, 3.8) is 0 Å². The second-order valence-electron chi connectivity index (χ2n) is 7.72. The Labute approximate surface area is 196 Å². The van der Waals surface area contributed by atoms with Gasteiger partial charge in [0, 0.05) is 23.4 Å². The Kier molecular flexibility index (Phi) is 6.39. The number of rotatable bonds is 8. The van der Waals surface area contributed by atoms with Crippen molar-refractivity contribution < 1.29 is 14.1 Å². The van der Waals surface area contributed by atoms with E-state index in [-0.39, 0.29) is 29.9 Å². The fourth-order valence-electron chi connectivity index (χ4n) is 3.51. The van der Waals surface area contributed by atoms with Crippen molar-refractivity contribution in [2.24, 2.45) is 0 Å². The maximum absolute atomic E-state index is 12.7. The molecule has 2 aromatic heterocycles. The van der Waals surface area contributed by atoms with E-state index in [9.17, 15) is 9.59 Å². The monoisotopic (exact) mass is 459 g/mol. The van der Waals surface area contributed by atoms with E-state index in [1.165, 1.54) is 11.6 Å². The number of amides is 1. The molecule has 10 nitrogen and oxygen atoms in total. The van der Waals surface area contributed by atoms with Crippen LogP contribution in [0.15, 0.2) is 53.1 Å². The molecule has 0 fully saturated rings. The maximum Gasteiger partial charge on any atom is 0.265 e. The summed E-state index contributed by atoms with van der Waals surface area (Å²) in [5, 5.41) is 14.4. The van der Waals surface area contributed by atoms with Gasteiger partial charge in [-0.3, -0.25) is 9.59 Å². The summed E-state index contributed by atoms with van der Waals surface area (Å²) in [5.74, 6) is 0.848. The molecule has 0 radical (unpaired) electrons. The zero-order chi connectivity index (χ0) is 24.2. The van der Waals surface area contributed by atoms with Gasteiger partial charge < -0.3 is 20.9 Å². The number of ketones is 1. The van der Waals surface area contributed by atoms with Crippen LogP contribution >= 0.6 is 0 Å². The van der Waals surface area contributed by atoms with Crippen LogP contribution in [0, 0.1) is 6.92 Å². The molecule has 0 saturated heterocycles. The minimum Gasteiger partial charge on any atom is -0.383 e. The number of hydrogen-bond acceptors (Lipinski definition) is 8. The van der Waals surface area contributed by atoms with E-state index >= 15 is 0 Å². The first-order valence-electron chi connectivity index (χ1n) is 10.8. The Hall–Kier alpha value is -4.47. The summed E-state index contributed by atoms with van der Waals surface area (Å²) < 4.78 is 6.88. The molecule has 0 unspecified atom stereocenters. The Morgan fingerprint density at radius 2 is 1.94 bits per heavy atom. The number of nitrogens with one attached hydrogen (secondary N) is 2. The zero-order valence-electron chi connectivity index (χ0n) is 19.1. The molecule has 0 aliphatic carbocycles. The van der Waals surface area contributed by atoms with Crippen molar-refractivity contribution in [2.45, 2.75) is 27.3 Å². The number of aryl methyl sites for hydroxylation is 1. The lowest BCUT2D eigenvalue weighted by Gasteiger charge is -2.07. The largest absolute Gasteiger partial charge is 0.383 e. The molecule has 4 rings (SSSR count). The molecule has 2 heterocycles. The van der Waals surface area contributed by atoms with Crippen LogP contribution in [0.4, 0.5) is 17.3 Å². The molecule has 4 N–H and O–H groups in total. The molecule has 174 valence electrons. The summed E-state index contributed by atoms with van der Waals surface area (Å²) in [6.07, 6.45) is 0. The van der Waals surface area contributed by atoms with Crippen LogP contribution in [0.25, 0.3) is 22.8 Å². The summed E-state index contributed by atoms with van der Waals surface area (Å²) >= 11 is 0. The number of nitrogens with two attached hydrogens (primary N) is 1. The molecule has 1 amide bonds. The molecule has 34 heavy (non-hydrogen) atoms. The van der Waals surface area contributed by atoms with Crippen LogP contribution in [0.1, 0.15) is 29.8 Å². The van der Waals surface area contributed by atoms with E-state index in [0.29, 0.717) is 35.0 Å². The molecule has 0 saturated carbocycles. The first-order valence-corrected chi connectivity index (χ1v) is 10.8. The molecule has 0 atom stereocenters. The minimum atomic E-state index is -0.351. The van der Waals surface area contributed by atoms with Gasteiger partial charge in [0.1, 0.15) is 17.9 Å². The Morgan fingerprint density at radius 1 is 1.15 bits per heavy atom. The maximum atomic E-state index is 12.7. The van der Waals surface area contributed by atoms with Gasteiger partial charge in [0.05, 0.1) is 0 Å². The van der Waals surface area contributed by atoms with Crippen molar-refractivity contribution in [3.8, 4) is 22.8 Å². The van der Waals surface area contributed by atoms with Gasteiger partial charge in [0.25, 0.3) is 5.89 Å². The third-order valence-corrected chi connectivity index (χ3v) is 5.21. The van der Waals surface area contributed by atoms with Gasteiger partial charge in [-0.05, 0) is 38.5 Å². The first-order chi connectivity index (χ1) is 16.4. The molecule has 4 aromatic rings. The molecular formula is C24H25N7O3. The van der Waals surface area contributed by atoms with Crippen molar-refractivity contribution >= 4 is 29.0 Å². The summed E-state index contributed by atoms with van der Waals surface area (Å²) in [7, 11) is 0. The smallest absolute Gasteiger partial charge is 0.265 e. The van der Waals surface area contributed by atoms with Crippen LogP contribution in [0.2, 0.25) is 0 Å². The summed E-state index contributed by atoms with van der Waals surface area (Å²) in [5.41, 5.74) is 9.66. The normalized spacial score (nSPS) is 10.8. The summed E-state index contributed by atoms with van der Waals surface area (Å²) in [6.45, 7) is 5.78. The van der Waals surface area contributed by atoms with Gasteiger partial charge in [0.15, 0.2) is 11.6 Å². The van der Waals surface area contributed by atoms with Gasteiger partial charge >= 0.3 is 0 Å². The van der Waals surface area contributed by atoms with E-state index in [4.69, 9.17) is 10.3 Å². The van der Waals surface area contributed by atoms with Gasteiger partial charge in [0.2, 0.25) is 11.7 Å². The second kappa shape index (κ2) is 9.57. The van der Waals surface area contributed by atoms with E-state index in [1.807, 2.05) is 38.1 Å². The number of nitrogens with zero attached hydrogens (tertiary/aromatic N) is 4. The van der Waals surface area contributed by atoms with Crippen LogP contribution in [-0.4, -0.2) is 38.2 Å². The van der Waals surface area contributed by atoms with E-state index in [2.05, 4.69) is 25.9 Å². The summed E-state index contributed by atoms with van der Waals surface area (Å²) in [4.78, 5) is 28.8. The number of anilines is 3. The molecule has 0 aliphatic rings. The van der Waals surface area contributed by atoms with Crippen LogP contribution < -0.4 is 16.4 Å². The van der Waals surface area contributed by atoms with Gasteiger partial charge in [-0.1, -0.05) is 41.6 Å². The lowest BCUT2D eigenvalue weighted by Crippen LogP contribution is -2.21. The van der Waals surface area contributed by atoms with Gasteiger partial charge in [-0.15, -0.1) is 0 Å². The molecule has 2 aromatic carbocycles. The highest BCUT2D eigenvalue weighted by atomic mass is 16.5. The van der Waals surface area contributed by atoms with Crippen LogP contribution in [-0.2, 0) is 11.3 Å². The quantitative estimate of drug-likeness (QED) is 0.338. The molecule has 0 aliphatic heterocycles. The average molecular weight is 460 g/mol. The highest BCUT2D eigenvalue weighted by molar-refractivity contribution is 5.97. The Balaban J connectivity index is 1.60. The lowest BCUT2D eigenvalue weighted by molar-refractivity contribution is -0.116. The predicted octanol–water partition coefficient (Wildman–Crippen LogP) is 3.76. The third kappa shape index (κ3) is 4.65.